The quantitative estimate of drug-likeness (QED) is 0.335. The molecule has 0 rings (SSSR count). The monoisotopic (exact) mass is 352 g/mol. The lowest BCUT2D eigenvalue weighted by Gasteiger charge is -2.04. The molecular weight excluding hydrogens is 328 g/mol. The van der Waals surface area contributed by atoms with E-state index in [1.54, 1.807) is 6.92 Å². The highest BCUT2D eigenvalue weighted by Gasteiger charge is 2.02. The Labute approximate surface area is 147 Å². The molecule has 138 valence electrons. The molecule has 0 bridgehead atoms. The van der Waals surface area contributed by atoms with Crippen LogP contribution in [0.3, 0.4) is 0 Å². The molecule has 8 nitrogen and oxygen atoms in total. The molecule has 0 fully saturated rings. The van der Waals surface area contributed by atoms with Crippen molar-refractivity contribution in [1.29, 1.82) is 0 Å². The SMILES string of the molecule is C=CC(=O)NCCOC(=O)C(=C)C.C=CC(=O)NCCOC(=O)C=C. The molecule has 8 heteroatoms. The van der Waals surface area contributed by atoms with Gasteiger partial charge in [-0.05, 0) is 19.1 Å². The van der Waals surface area contributed by atoms with Crippen molar-refractivity contribution in [2.24, 2.45) is 0 Å². The van der Waals surface area contributed by atoms with Crippen LogP contribution < -0.4 is 10.6 Å². The molecule has 0 heterocycles. The van der Waals surface area contributed by atoms with Crippen molar-refractivity contribution in [3.63, 3.8) is 0 Å². The number of carbonyl (C=O) groups is 4. The van der Waals surface area contributed by atoms with Gasteiger partial charge < -0.3 is 20.1 Å². The van der Waals surface area contributed by atoms with Crippen LogP contribution in [0.5, 0.6) is 0 Å². The predicted molar refractivity (Wildman–Crippen MR) is 93.3 cm³/mol. The first-order chi connectivity index (χ1) is 11.8. The van der Waals surface area contributed by atoms with Gasteiger partial charge in [-0.25, -0.2) is 9.59 Å². The molecule has 0 unspecified atom stereocenters. The van der Waals surface area contributed by atoms with Gasteiger partial charge in [-0.2, -0.15) is 0 Å². The Hall–Kier alpha value is -3.16. The van der Waals surface area contributed by atoms with Crippen molar-refractivity contribution in [1.82, 2.24) is 10.6 Å². The molecule has 0 atom stereocenters. The Morgan fingerprint density at radius 2 is 1.28 bits per heavy atom. The fourth-order valence-corrected chi connectivity index (χ4v) is 0.970. The summed E-state index contributed by atoms with van der Waals surface area (Å²) in [6.07, 6.45) is 3.37. The number of hydrogen-bond acceptors (Lipinski definition) is 6. The number of hydrogen-bond donors (Lipinski definition) is 2. The third-order valence-corrected chi connectivity index (χ3v) is 2.17. The van der Waals surface area contributed by atoms with E-state index in [1.807, 2.05) is 0 Å². The van der Waals surface area contributed by atoms with Crippen LogP contribution in [0.4, 0.5) is 0 Å². The van der Waals surface area contributed by atoms with E-state index < -0.39 is 11.9 Å². The van der Waals surface area contributed by atoms with E-state index in [0.717, 1.165) is 18.2 Å². The molecule has 0 saturated carbocycles. The summed E-state index contributed by atoms with van der Waals surface area (Å²) in [4.78, 5) is 42.4. The Morgan fingerprint density at radius 1 is 0.840 bits per heavy atom. The van der Waals surface area contributed by atoms with Gasteiger partial charge in [0.25, 0.3) is 0 Å². The van der Waals surface area contributed by atoms with E-state index in [4.69, 9.17) is 4.74 Å². The average Bonchev–Trinajstić information content (AvgIpc) is 2.61. The summed E-state index contributed by atoms with van der Waals surface area (Å²) in [5, 5.41) is 4.91. The maximum Gasteiger partial charge on any atom is 0.333 e. The Balaban J connectivity index is 0. The Morgan fingerprint density at radius 3 is 1.64 bits per heavy atom. The number of amides is 2. The minimum atomic E-state index is -0.497. The molecule has 0 aliphatic heterocycles. The second-order valence-corrected chi connectivity index (χ2v) is 4.28. The predicted octanol–water partition coefficient (Wildman–Crippen LogP) is 0.426. The number of esters is 2. The molecule has 25 heavy (non-hydrogen) atoms. The highest BCUT2D eigenvalue weighted by atomic mass is 16.5. The van der Waals surface area contributed by atoms with Gasteiger partial charge >= 0.3 is 11.9 Å². The third-order valence-electron chi connectivity index (χ3n) is 2.17. The largest absolute Gasteiger partial charge is 0.461 e. The van der Waals surface area contributed by atoms with E-state index in [1.165, 1.54) is 0 Å². The van der Waals surface area contributed by atoms with Crippen LogP contribution in [0.15, 0.2) is 50.1 Å². The molecule has 0 saturated heterocycles. The van der Waals surface area contributed by atoms with Crippen LogP contribution in [-0.4, -0.2) is 50.1 Å². The Bertz CT molecular complexity index is 503. The van der Waals surface area contributed by atoms with E-state index in [9.17, 15) is 19.2 Å². The van der Waals surface area contributed by atoms with Crippen molar-refractivity contribution in [2.45, 2.75) is 6.92 Å². The molecule has 0 spiro atoms. The van der Waals surface area contributed by atoms with Crippen molar-refractivity contribution in [3.8, 4) is 0 Å². The van der Waals surface area contributed by atoms with Gasteiger partial charge in [0, 0.05) is 11.6 Å². The van der Waals surface area contributed by atoms with Gasteiger partial charge in [-0.3, -0.25) is 9.59 Å². The summed E-state index contributed by atoms with van der Waals surface area (Å²) < 4.78 is 9.29. The molecule has 2 amide bonds. The summed E-state index contributed by atoms with van der Waals surface area (Å²) in [6.45, 7) is 15.6. The second-order valence-electron chi connectivity index (χ2n) is 4.28. The fraction of sp³-hybridized carbons (Fsp3) is 0.294. The van der Waals surface area contributed by atoms with Crippen molar-refractivity contribution in [3.05, 3.63) is 50.1 Å². The Kier molecular flexibility index (Phi) is 15.2. The number of carbonyl (C=O) groups excluding carboxylic acids is 4. The van der Waals surface area contributed by atoms with Gasteiger partial charge in [0.1, 0.15) is 13.2 Å². The minimum absolute atomic E-state index is 0.143. The van der Waals surface area contributed by atoms with Gasteiger partial charge in [-0.1, -0.05) is 26.3 Å². The maximum atomic E-state index is 10.8. The first kappa shape index (κ1) is 24.1. The van der Waals surface area contributed by atoms with Crippen LogP contribution in [-0.2, 0) is 28.7 Å². The van der Waals surface area contributed by atoms with E-state index in [2.05, 4.69) is 41.7 Å². The normalized spacial score (nSPS) is 8.52. The molecule has 0 radical (unpaired) electrons. The molecule has 0 aromatic rings. The molecule has 0 aromatic carbocycles. The number of rotatable bonds is 10. The van der Waals surface area contributed by atoms with Crippen LogP contribution in [0.1, 0.15) is 6.92 Å². The lowest BCUT2D eigenvalue weighted by molar-refractivity contribution is -0.139. The van der Waals surface area contributed by atoms with Gasteiger partial charge in [-0.15, -0.1) is 0 Å². The number of ether oxygens (including phenoxy) is 2. The van der Waals surface area contributed by atoms with Crippen LogP contribution in [0.2, 0.25) is 0 Å². The summed E-state index contributed by atoms with van der Waals surface area (Å²) in [5.74, 6) is -1.52. The molecule has 0 aliphatic carbocycles. The van der Waals surface area contributed by atoms with E-state index in [0.29, 0.717) is 5.57 Å². The average molecular weight is 352 g/mol. The summed E-state index contributed by atoms with van der Waals surface area (Å²) in [6, 6.07) is 0. The van der Waals surface area contributed by atoms with E-state index >= 15 is 0 Å². The zero-order chi connectivity index (χ0) is 19.7. The topological polar surface area (TPSA) is 111 Å². The molecule has 0 aromatic heterocycles. The summed E-state index contributed by atoms with van der Waals surface area (Å²) in [7, 11) is 0. The van der Waals surface area contributed by atoms with Crippen molar-refractivity contribution >= 4 is 23.8 Å². The highest BCUT2D eigenvalue weighted by Crippen LogP contribution is 1.90. The highest BCUT2D eigenvalue weighted by molar-refractivity contribution is 5.88. The second kappa shape index (κ2) is 15.7. The summed E-state index contributed by atoms with van der Waals surface area (Å²) in [5.41, 5.74) is 0.343. The smallest absolute Gasteiger partial charge is 0.333 e. The van der Waals surface area contributed by atoms with Crippen LogP contribution in [0.25, 0.3) is 0 Å². The molecule has 2 N–H and O–H groups in total. The van der Waals surface area contributed by atoms with Crippen molar-refractivity contribution in [2.75, 3.05) is 26.3 Å². The fourth-order valence-electron chi connectivity index (χ4n) is 0.970. The first-order valence-electron chi connectivity index (χ1n) is 7.20. The molecule has 0 aliphatic rings. The standard InChI is InChI=1S/C9H13NO3.C8H11NO3/c1-4-8(11)10-5-6-13-9(12)7(2)3;1-3-7(10)9-5-6-12-8(11)4-2/h4H,1-2,5-6H2,3H3,(H,10,11);3-4H,1-2,5-6H2,(H,9,10). The lowest BCUT2D eigenvalue weighted by atomic mass is 10.4. The number of nitrogens with one attached hydrogen (secondary N) is 2. The zero-order valence-electron chi connectivity index (χ0n) is 14.3. The van der Waals surface area contributed by atoms with Crippen LogP contribution >= 0.6 is 0 Å². The maximum absolute atomic E-state index is 10.8. The third kappa shape index (κ3) is 17.0. The summed E-state index contributed by atoms with van der Waals surface area (Å²) >= 11 is 0. The van der Waals surface area contributed by atoms with Gasteiger partial charge in [0.15, 0.2) is 0 Å². The first-order valence-corrected chi connectivity index (χ1v) is 7.20. The van der Waals surface area contributed by atoms with Crippen molar-refractivity contribution < 1.29 is 28.7 Å². The minimum Gasteiger partial charge on any atom is -0.461 e. The zero-order valence-corrected chi connectivity index (χ0v) is 14.3. The lowest BCUT2D eigenvalue weighted by Crippen LogP contribution is -2.26. The van der Waals surface area contributed by atoms with Gasteiger partial charge in [0.05, 0.1) is 13.1 Å². The molecular formula is C17H24N2O6. The van der Waals surface area contributed by atoms with Gasteiger partial charge in [0.2, 0.25) is 11.8 Å². The van der Waals surface area contributed by atoms with E-state index in [-0.39, 0.29) is 38.1 Å². The van der Waals surface area contributed by atoms with Crippen LogP contribution in [0, 0.1) is 0 Å².